The van der Waals surface area contributed by atoms with Crippen molar-refractivity contribution in [1.29, 1.82) is 0 Å². The number of pyridine rings is 2. The first-order valence-electron chi connectivity index (χ1n) is 8.08. The Morgan fingerprint density at radius 3 is 2.83 bits per heavy atom. The molecule has 0 atom stereocenters. The fraction of sp³-hybridized carbons (Fsp3) is 0.211. The Bertz CT molecular complexity index is 929. The molecule has 4 rings (SSSR count). The van der Waals surface area contributed by atoms with Crippen LogP contribution in [0.4, 0.5) is 0 Å². The predicted molar refractivity (Wildman–Crippen MR) is 91.9 cm³/mol. The molecule has 0 aliphatic carbocycles. The first-order valence-corrected chi connectivity index (χ1v) is 8.08. The summed E-state index contributed by atoms with van der Waals surface area (Å²) < 4.78 is 1.89. The van der Waals surface area contributed by atoms with E-state index in [9.17, 15) is 4.79 Å². The van der Waals surface area contributed by atoms with Crippen LogP contribution in [-0.4, -0.2) is 31.9 Å². The molecule has 0 N–H and O–H groups in total. The molecule has 3 aromatic rings. The minimum Gasteiger partial charge on any atom is -0.333 e. The summed E-state index contributed by atoms with van der Waals surface area (Å²) in [7, 11) is 0. The smallest absolute Gasteiger partial charge is 0.271 e. The van der Waals surface area contributed by atoms with E-state index in [2.05, 4.69) is 11.1 Å². The summed E-state index contributed by atoms with van der Waals surface area (Å²) >= 11 is 0. The molecule has 1 amide bonds. The second kappa shape index (κ2) is 5.60. The Kier molecular flexibility index (Phi) is 3.41. The molecule has 0 radical (unpaired) electrons. The van der Waals surface area contributed by atoms with E-state index in [-0.39, 0.29) is 5.91 Å². The van der Waals surface area contributed by atoms with E-state index in [0.29, 0.717) is 18.8 Å². The number of amides is 1. The van der Waals surface area contributed by atoms with Gasteiger partial charge in [0.05, 0.1) is 5.69 Å². The number of carbonyl (C=O) groups excluding carboxylic acids is 1. The van der Waals surface area contributed by atoms with Gasteiger partial charge in [0.2, 0.25) is 0 Å². The second-order valence-electron chi connectivity index (χ2n) is 5.90. The number of nitrogens with zero attached hydrogens (tertiary/aromatic N) is 4. The van der Waals surface area contributed by atoms with Gasteiger partial charge in [0, 0.05) is 42.3 Å². The van der Waals surface area contributed by atoms with E-state index in [1.54, 1.807) is 6.20 Å². The van der Waals surface area contributed by atoms with E-state index in [1.807, 2.05) is 59.8 Å². The van der Waals surface area contributed by atoms with Crippen LogP contribution in [0.3, 0.4) is 0 Å². The van der Waals surface area contributed by atoms with E-state index in [0.717, 1.165) is 28.3 Å². The number of rotatable bonds is 2. The fourth-order valence-corrected chi connectivity index (χ4v) is 3.15. The molecular formula is C19H18N4O. The van der Waals surface area contributed by atoms with Crippen molar-refractivity contribution in [3.8, 4) is 17.1 Å². The zero-order valence-electron chi connectivity index (χ0n) is 13.7. The van der Waals surface area contributed by atoms with Crippen LogP contribution in [0.1, 0.15) is 28.7 Å². The molecule has 0 aromatic carbocycles. The summed E-state index contributed by atoms with van der Waals surface area (Å²) in [6.07, 6.45) is 3.68. The Morgan fingerprint density at radius 1 is 1.17 bits per heavy atom. The van der Waals surface area contributed by atoms with Crippen LogP contribution in [0, 0.1) is 6.92 Å². The molecule has 0 fully saturated rings. The van der Waals surface area contributed by atoms with Gasteiger partial charge in [0.15, 0.2) is 0 Å². The van der Waals surface area contributed by atoms with Gasteiger partial charge in [-0.1, -0.05) is 6.07 Å². The number of hydrogen-bond acceptors (Lipinski definition) is 3. The summed E-state index contributed by atoms with van der Waals surface area (Å²) in [5.74, 6) is 0.861. The molecule has 120 valence electrons. The largest absolute Gasteiger partial charge is 0.333 e. The fourth-order valence-electron chi connectivity index (χ4n) is 3.15. The van der Waals surface area contributed by atoms with E-state index >= 15 is 0 Å². The lowest BCUT2D eigenvalue weighted by Gasteiger charge is -2.18. The van der Waals surface area contributed by atoms with Crippen LogP contribution in [0.25, 0.3) is 17.1 Å². The second-order valence-corrected chi connectivity index (χ2v) is 5.90. The lowest BCUT2D eigenvalue weighted by atomic mass is 10.1. The molecule has 1 aliphatic heterocycles. The third kappa shape index (κ3) is 2.21. The summed E-state index contributed by atoms with van der Waals surface area (Å²) in [5.41, 5.74) is 4.53. The SMILES string of the molecule is CCN1Cc2ccc(-c3cccnc3C)nc2-n2cccc2C1=O. The lowest BCUT2D eigenvalue weighted by molar-refractivity contribution is 0.0750. The van der Waals surface area contributed by atoms with Crippen LogP contribution in [0.5, 0.6) is 0 Å². The zero-order valence-corrected chi connectivity index (χ0v) is 13.7. The predicted octanol–water partition coefficient (Wildman–Crippen LogP) is 3.22. The van der Waals surface area contributed by atoms with Crippen LogP contribution < -0.4 is 0 Å². The lowest BCUT2D eigenvalue weighted by Crippen LogP contribution is -2.29. The van der Waals surface area contributed by atoms with Gasteiger partial charge < -0.3 is 4.90 Å². The molecule has 0 saturated heterocycles. The van der Waals surface area contributed by atoms with Crippen molar-refractivity contribution in [3.63, 3.8) is 0 Å². The maximum absolute atomic E-state index is 12.7. The first kappa shape index (κ1) is 14.6. The molecule has 3 aromatic heterocycles. The maximum atomic E-state index is 12.7. The van der Waals surface area contributed by atoms with Crippen molar-refractivity contribution in [1.82, 2.24) is 19.4 Å². The normalized spacial score (nSPS) is 13.4. The number of carbonyl (C=O) groups is 1. The van der Waals surface area contributed by atoms with Gasteiger partial charge >= 0.3 is 0 Å². The molecule has 24 heavy (non-hydrogen) atoms. The highest BCUT2D eigenvalue weighted by atomic mass is 16.2. The zero-order chi connectivity index (χ0) is 16.7. The quantitative estimate of drug-likeness (QED) is 0.729. The Labute approximate surface area is 140 Å². The highest BCUT2D eigenvalue weighted by Gasteiger charge is 2.25. The molecule has 0 spiro atoms. The van der Waals surface area contributed by atoms with Crippen molar-refractivity contribution >= 4 is 5.91 Å². The number of hydrogen-bond donors (Lipinski definition) is 0. The molecule has 1 aliphatic rings. The van der Waals surface area contributed by atoms with Crippen molar-refractivity contribution in [2.24, 2.45) is 0 Å². The summed E-state index contributed by atoms with van der Waals surface area (Å²) in [5, 5.41) is 0. The molecular weight excluding hydrogens is 300 g/mol. The molecule has 5 nitrogen and oxygen atoms in total. The van der Waals surface area contributed by atoms with Crippen molar-refractivity contribution in [3.05, 3.63) is 65.7 Å². The number of aryl methyl sites for hydroxylation is 1. The van der Waals surface area contributed by atoms with Crippen LogP contribution in [-0.2, 0) is 6.54 Å². The third-order valence-electron chi connectivity index (χ3n) is 4.47. The van der Waals surface area contributed by atoms with Gasteiger partial charge in [-0.05, 0) is 44.2 Å². The molecule has 5 heteroatoms. The minimum absolute atomic E-state index is 0.0413. The van der Waals surface area contributed by atoms with Crippen molar-refractivity contribution in [2.75, 3.05) is 6.54 Å². The van der Waals surface area contributed by atoms with Gasteiger partial charge in [0.1, 0.15) is 11.5 Å². The third-order valence-corrected chi connectivity index (χ3v) is 4.47. The Hall–Kier alpha value is -2.95. The van der Waals surface area contributed by atoms with Gasteiger partial charge in [-0.25, -0.2) is 4.98 Å². The van der Waals surface area contributed by atoms with E-state index in [1.165, 1.54) is 0 Å². The minimum atomic E-state index is 0.0413. The average molecular weight is 318 g/mol. The van der Waals surface area contributed by atoms with Gasteiger partial charge in [-0.15, -0.1) is 0 Å². The first-order chi connectivity index (χ1) is 11.7. The summed E-state index contributed by atoms with van der Waals surface area (Å²) in [4.78, 5) is 23.7. The molecule has 4 heterocycles. The maximum Gasteiger partial charge on any atom is 0.271 e. The molecule has 0 unspecified atom stereocenters. The standard InChI is InChI=1S/C19H18N4O/c1-3-22-12-14-8-9-16(15-6-4-10-20-13(15)2)21-18(14)23-11-5-7-17(23)19(22)24/h4-11H,3,12H2,1-2H3. The van der Waals surface area contributed by atoms with Crippen LogP contribution in [0.2, 0.25) is 0 Å². The van der Waals surface area contributed by atoms with Gasteiger partial charge in [-0.3, -0.25) is 14.3 Å². The summed E-state index contributed by atoms with van der Waals surface area (Å²) in [6, 6.07) is 11.8. The van der Waals surface area contributed by atoms with Crippen LogP contribution >= 0.6 is 0 Å². The Morgan fingerprint density at radius 2 is 2.04 bits per heavy atom. The van der Waals surface area contributed by atoms with E-state index < -0.39 is 0 Å². The average Bonchev–Trinajstić information content (AvgIpc) is 3.05. The summed E-state index contributed by atoms with van der Waals surface area (Å²) in [6.45, 7) is 5.22. The van der Waals surface area contributed by atoms with E-state index in [4.69, 9.17) is 4.98 Å². The molecule has 0 saturated carbocycles. The highest BCUT2D eigenvalue weighted by Crippen LogP contribution is 2.27. The molecule has 0 bridgehead atoms. The van der Waals surface area contributed by atoms with Crippen molar-refractivity contribution in [2.45, 2.75) is 20.4 Å². The van der Waals surface area contributed by atoms with Crippen molar-refractivity contribution < 1.29 is 4.79 Å². The monoisotopic (exact) mass is 318 g/mol. The van der Waals surface area contributed by atoms with Gasteiger partial charge in [0.25, 0.3) is 5.91 Å². The number of fused-ring (bicyclic) bond motifs is 3. The topological polar surface area (TPSA) is 51.0 Å². The number of aromatic nitrogens is 3. The highest BCUT2D eigenvalue weighted by molar-refractivity contribution is 5.94. The Balaban J connectivity index is 1.92. The van der Waals surface area contributed by atoms with Gasteiger partial charge in [-0.2, -0.15) is 0 Å². The van der Waals surface area contributed by atoms with Crippen LogP contribution in [0.15, 0.2) is 48.8 Å².